The Labute approximate surface area is 217 Å². The summed E-state index contributed by atoms with van der Waals surface area (Å²) in [4.78, 5) is 19.7. The van der Waals surface area contributed by atoms with Gasteiger partial charge in [0, 0.05) is 25.4 Å². The fourth-order valence-corrected chi connectivity index (χ4v) is 5.31. The maximum absolute atomic E-state index is 13.0. The second kappa shape index (κ2) is 10.8. The van der Waals surface area contributed by atoms with Gasteiger partial charge in [-0.25, -0.2) is 4.98 Å². The first-order valence-corrected chi connectivity index (χ1v) is 13.1. The molecule has 5 rings (SSSR count). The molecule has 1 unspecified atom stereocenters. The standard InChI is InChI=1S/C30H32ClN3O2/c1-21(2)23-11-3-8-16-28(23)36-18-10-9-17-33-27-15-7-5-13-25(27)32-30(33)22-19-29(35)34(20-22)26-14-6-4-12-24(26)31/h3-8,11-16,21-22H,9-10,17-20H2,1-2H3. The van der Waals surface area contributed by atoms with Crippen molar-refractivity contribution < 1.29 is 9.53 Å². The van der Waals surface area contributed by atoms with E-state index in [9.17, 15) is 4.79 Å². The van der Waals surface area contributed by atoms with Gasteiger partial charge in [-0.1, -0.05) is 67.9 Å². The fraction of sp³-hybridized carbons (Fsp3) is 0.333. The van der Waals surface area contributed by atoms with Gasteiger partial charge in [-0.2, -0.15) is 0 Å². The van der Waals surface area contributed by atoms with Gasteiger partial charge >= 0.3 is 0 Å². The Morgan fingerprint density at radius 3 is 2.58 bits per heavy atom. The summed E-state index contributed by atoms with van der Waals surface area (Å²) in [5.41, 5.74) is 4.10. The molecule has 186 valence electrons. The van der Waals surface area contributed by atoms with Crippen LogP contribution in [-0.4, -0.2) is 28.6 Å². The summed E-state index contributed by atoms with van der Waals surface area (Å²) < 4.78 is 8.43. The highest BCUT2D eigenvalue weighted by molar-refractivity contribution is 6.33. The number of imidazole rings is 1. The molecule has 4 aromatic rings. The Kier molecular flexibility index (Phi) is 7.28. The highest BCUT2D eigenvalue weighted by Crippen LogP contribution is 2.36. The number of benzene rings is 3. The van der Waals surface area contributed by atoms with Crippen LogP contribution in [0.1, 0.15) is 56.3 Å². The first-order valence-electron chi connectivity index (χ1n) is 12.7. The van der Waals surface area contributed by atoms with Crippen molar-refractivity contribution >= 4 is 34.2 Å². The van der Waals surface area contributed by atoms with E-state index in [0.717, 1.165) is 47.7 Å². The number of amides is 1. The molecule has 1 amide bonds. The molecule has 0 N–H and O–H groups in total. The third kappa shape index (κ3) is 4.98. The predicted molar refractivity (Wildman–Crippen MR) is 146 cm³/mol. The van der Waals surface area contributed by atoms with Crippen molar-refractivity contribution in [1.82, 2.24) is 9.55 Å². The van der Waals surface area contributed by atoms with Crippen LogP contribution in [0.15, 0.2) is 72.8 Å². The van der Waals surface area contributed by atoms with Gasteiger partial charge in [0.05, 0.1) is 28.4 Å². The zero-order chi connectivity index (χ0) is 25.1. The number of ether oxygens (including phenoxy) is 1. The number of anilines is 1. The normalized spacial score (nSPS) is 15.8. The third-order valence-corrected chi connectivity index (χ3v) is 7.21. The Morgan fingerprint density at radius 1 is 1.00 bits per heavy atom. The van der Waals surface area contributed by atoms with Gasteiger partial charge in [-0.15, -0.1) is 0 Å². The van der Waals surface area contributed by atoms with Crippen molar-refractivity contribution in [3.05, 3.63) is 89.2 Å². The second-order valence-corrected chi connectivity index (χ2v) is 10.1. The lowest BCUT2D eigenvalue weighted by Crippen LogP contribution is -2.24. The molecular formula is C30H32ClN3O2. The van der Waals surface area contributed by atoms with Crippen LogP contribution >= 0.6 is 11.6 Å². The zero-order valence-corrected chi connectivity index (χ0v) is 21.6. The van der Waals surface area contributed by atoms with Gasteiger partial charge in [0.1, 0.15) is 11.6 Å². The quantitative estimate of drug-likeness (QED) is 0.228. The molecule has 1 saturated heterocycles. The number of aryl methyl sites for hydroxylation is 1. The van der Waals surface area contributed by atoms with Crippen molar-refractivity contribution in [1.29, 1.82) is 0 Å². The van der Waals surface area contributed by atoms with E-state index in [1.54, 1.807) is 4.90 Å². The van der Waals surface area contributed by atoms with Crippen LogP contribution in [0.3, 0.4) is 0 Å². The Bertz CT molecular complexity index is 1360. The summed E-state index contributed by atoms with van der Waals surface area (Å²) in [5.74, 6) is 2.50. The average Bonchev–Trinajstić information content (AvgIpc) is 3.44. The Morgan fingerprint density at radius 2 is 1.75 bits per heavy atom. The molecule has 1 aliphatic rings. The van der Waals surface area contributed by atoms with E-state index in [2.05, 4.69) is 42.7 Å². The fourth-order valence-electron chi connectivity index (χ4n) is 5.07. The van der Waals surface area contributed by atoms with Crippen molar-refractivity contribution in [2.24, 2.45) is 0 Å². The lowest BCUT2D eigenvalue weighted by Gasteiger charge is -2.18. The van der Waals surface area contributed by atoms with E-state index in [1.807, 2.05) is 48.5 Å². The minimum atomic E-state index is 0.0235. The summed E-state index contributed by atoms with van der Waals surface area (Å²) >= 11 is 6.40. The van der Waals surface area contributed by atoms with E-state index in [4.69, 9.17) is 21.3 Å². The maximum atomic E-state index is 13.0. The zero-order valence-electron chi connectivity index (χ0n) is 20.9. The number of carbonyl (C=O) groups excluding carboxylic acids is 1. The number of hydrogen-bond acceptors (Lipinski definition) is 3. The van der Waals surface area contributed by atoms with E-state index >= 15 is 0 Å². The molecule has 6 heteroatoms. The van der Waals surface area contributed by atoms with Crippen LogP contribution in [0, 0.1) is 0 Å². The molecule has 1 aromatic heterocycles. The maximum Gasteiger partial charge on any atom is 0.227 e. The summed E-state index contributed by atoms with van der Waals surface area (Å²) in [7, 11) is 0. The summed E-state index contributed by atoms with van der Waals surface area (Å²) in [6.07, 6.45) is 2.34. The molecule has 0 radical (unpaired) electrons. The molecule has 5 nitrogen and oxygen atoms in total. The number of unbranched alkanes of at least 4 members (excludes halogenated alkanes) is 1. The van der Waals surface area contributed by atoms with Gasteiger partial charge in [0.15, 0.2) is 0 Å². The lowest BCUT2D eigenvalue weighted by molar-refractivity contribution is -0.117. The summed E-state index contributed by atoms with van der Waals surface area (Å²) in [5, 5.41) is 0.596. The molecule has 1 atom stereocenters. The molecule has 2 heterocycles. The largest absolute Gasteiger partial charge is 0.493 e. The monoisotopic (exact) mass is 501 g/mol. The Hall–Kier alpha value is -3.31. The topological polar surface area (TPSA) is 47.4 Å². The first kappa shape index (κ1) is 24.4. The van der Waals surface area contributed by atoms with Crippen molar-refractivity contribution in [3.8, 4) is 5.75 Å². The van der Waals surface area contributed by atoms with Gasteiger partial charge in [-0.05, 0) is 54.7 Å². The summed E-state index contributed by atoms with van der Waals surface area (Å²) in [6, 6.07) is 24.0. The summed E-state index contributed by atoms with van der Waals surface area (Å²) in [6.45, 7) is 6.47. The molecule has 0 saturated carbocycles. The van der Waals surface area contributed by atoms with Crippen molar-refractivity contribution in [3.63, 3.8) is 0 Å². The molecule has 1 aliphatic heterocycles. The minimum absolute atomic E-state index is 0.0235. The van der Waals surface area contributed by atoms with Crippen LogP contribution in [-0.2, 0) is 11.3 Å². The van der Waals surface area contributed by atoms with E-state index < -0.39 is 0 Å². The highest BCUT2D eigenvalue weighted by atomic mass is 35.5. The van der Waals surface area contributed by atoms with Crippen molar-refractivity contribution in [2.45, 2.75) is 51.5 Å². The number of halogens is 1. The van der Waals surface area contributed by atoms with Crippen LogP contribution in [0.4, 0.5) is 5.69 Å². The number of rotatable bonds is 9. The number of nitrogens with zero attached hydrogens (tertiary/aromatic N) is 3. The second-order valence-electron chi connectivity index (χ2n) is 9.72. The molecule has 36 heavy (non-hydrogen) atoms. The predicted octanol–water partition coefficient (Wildman–Crippen LogP) is 7.19. The number of fused-ring (bicyclic) bond motifs is 1. The van der Waals surface area contributed by atoms with Gasteiger partial charge < -0.3 is 14.2 Å². The number of aromatic nitrogens is 2. The highest BCUT2D eigenvalue weighted by Gasteiger charge is 2.35. The number of hydrogen-bond donors (Lipinski definition) is 0. The molecule has 0 bridgehead atoms. The van der Waals surface area contributed by atoms with Crippen LogP contribution in [0.25, 0.3) is 11.0 Å². The molecule has 0 spiro atoms. The molecule has 1 fully saturated rings. The van der Waals surface area contributed by atoms with E-state index in [-0.39, 0.29) is 11.8 Å². The van der Waals surface area contributed by atoms with Crippen molar-refractivity contribution in [2.75, 3.05) is 18.1 Å². The van der Waals surface area contributed by atoms with Crippen LogP contribution in [0.2, 0.25) is 5.02 Å². The average molecular weight is 502 g/mol. The van der Waals surface area contributed by atoms with Crippen LogP contribution < -0.4 is 9.64 Å². The third-order valence-electron chi connectivity index (χ3n) is 6.89. The SMILES string of the molecule is CC(C)c1ccccc1OCCCCn1c(C2CC(=O)N(c3ccccc3Cl)C2)nc2ccccc21. The Balaban J connectivity index is 1.29. The lowest BCUT2D eigenvalue weighted by atomic mass is 10.0. The van der Waals surface area contributed by atoms with E-state index in [1.165, 1.54) is 5.56 Å². The number of para-hydroxylation sites is 4. The number of carbonyl (C=O) groups is 1. The molecule has 3 aromatic carbocycles. The van der Waals surface area contributed by atoms with Gasteiger partial charge in [-0.3, -0.25) is 4.79 Å². The van der Waals surface area contributed by atoms with E-state index in [0.29, 0.717) is 30.5 Å². The van der Waals surface area contributed by atoms with Gasteiger partial charge in [0.2, 0.25) is 5.91 Å². The first-order chi connectivity index (χ1) is 17.5. The minimum Gasteiger partial charge on any atom is -0.493 e. The van der Waals surface area contributed by atoms with Gasteiger partial charge in [0.25, 0.3) is 0 Å². The van der Waals surface area contributed by atoms with Crippen LogP contribution in [0.5, 0.6) is 5.75 Å². The molecular weight excluding hydrogens is 470 g/mol. The smallest absolute Gasteiger partial charge is 0.227 e. The molecule has 0 aliphatic carbocycles.